The Bertz CT molecular complexity index is 711. The SMILES string of the molecule is C/C=C/c1ccc(C(=O)OC)c(/C=C(\CC(=O)CCCCC)C(C)=O)c1. The smallest absolute Gasteiger partial charge is 0.338 e. The normalized spacial score (nSPS) is 11.6. The number of allylic oxidation sites excluding steroid dienone is 2. The minimum atomic E-state index is -0.472. The molecule has 0 spiro atoms. The third-order valence-electron chi connectivity index (χ3n) is 4.07. The molecule has 0 atom stereocenters. The van der Waals surface area contributed by atoms with Crippen LogP contribution in [0.4, 0.5) is 0 Å². The Morgan fingerprint density at radius 2 is 1.88 bits per heavy atom. The standard InChI is InChI=1S/C22H28O4/c1-5-7-8-10-20(24)15-18(16(3)23)14-19-13-17(9-6-2)11-12-21(19)22(25)26-4/h6,9,11-14H,5,7-8,10,15H2,1-4H3/b9-6+,18-14+. The number of carbonyl (C=O) groups excluding carboxylic acids is 3. The highest BCUT2D eigenvalue weighted by Gasteiger charge is 2.15. The number of unbranched alkanes of at least 4 members (excludes halogenated alkanes) is 2. The maximum Gasteiger partial charge on any atom is 0.338 e. The van der Waals surface area contributed by atoms with Crippen molar-refractivity contribution < 1.29 is 19.1 Å². The van der Waals surface area contributed by atoms with Gasteiger partial charge in [-0.25, -0.2) is 4.79 Å². The van der Waals surface area contributed by atoms with Gasteiger partial charge in [0.2, 0.25) is 0 Å². The molecule has 0 radical (unpaired) electrons. The van der Waals surface area contributed by atoms with E-state index in [9.17, 15) is 14.4 Å². The molecule has 0 saturated heterocycles. The highest BCUT2D eigenvalue weighted by atomic mass is 16.5. The van der Waals surface area contributed by atoms with Gasteiger partial charge in [0.1, 0.15) is 5.78 Å². The molecule has 0 aliphatic heterocycles. The van der Waals surface area contributed by atoms with E-state index < -0.39 is 5.97 Å². The number of benzene rings is 1. The Morgan fingerprint density at radius 3 is 2.46 bits per heavy atom. The molecule has 0 N–H and O–H groups in total. The van der Waals surface area contributed by atoms with Gasteiger partial charge in [0.25, 0.3) is 0 Å². The molecular weight excluding hydrogens is 328 g/mol. The fourth-order valence-electron chi connectivity index (χ4n) is 2.63. The Morgan fingerprint density at radius 1 is 1.15 bits per heavy atom. The maximum absolute atomic E-state index is 12.2. The maximum atomic E-state index is 12.2. The second-order valence-corrected chi connectivity index (χ2v) is 6.24. The first-order valence-electron chi connectivity index (χ1n) is 9.01. The number of Topliss-reactive ketones (excluding diaryl/α,β-unsaturated/α-hetero) is 2. The number of rotatable bonds is 10. The second kappa shape index (κ2) is 11.2. The predicted molar refractivity (Wildman–Crippen MR) is 105 cm³/mol. The molecule has 0 bridgehead atoms. The van der Waals surface area contributed by atoms with Crippen molar-refractivity contribution in [3.63, 3.8) is 0 Å². The summed E-state index contributed by atoms with van der Waals surface area (Å²) in [6.07, 6.45) is 8.88. The van der Waals surface area contributed by atoms with Gasteiger partial charge in [-0.2, -0.15) is 0 Å². The summed E-state index contributed by atoms with van der Waals surface area (Å²) in [7, 11) is 1.32. The van der Waals surface area contributed by atoms with Crippen LogP contribution < -0.4 is 0 Å². The van der Waals surface area contributed by atoms with Gasteiger partial charge < -0.3 is 4.74 Å². The molecule has 0 aromatic heterocycles. The van der Waals surface area contributed by atoms with E-state index in [1.54, 1.807) is 12.1 Å². The van der Waals surface area contributed by atoms with Crippen molar-refractivity contribution >= 4 is 29.7 Å². The van der Waals surface area contributed by atoms with Gasteiger partial charge in [0.05, 0.1) is 12.7 Å². The average Bonchev–Trinajstić information content (AvgIpc) is 2.61. The number of hydrogen-bond donors (Lipinski definition) is 0. The van der Waals surface area contributed by atoms with Gasteiger partial charge in [-0.3, -0.25) is 9.59 Å². The average molecular weight is 356 g/mol. The monoisotopic (exact) mass is 356 g/mol. The molecule has 0 saturated carbocycles. The van der Waals surface area contributed by atoms with Crippen molar-refractivity contribution in [2.24, 2.45) is 0 Å². The van der Waals surface area contributed by atoms with Crippen LogP contribution in [-0.4, -0.2) is 24.6 Å². The fraction of sp³-hybridized carbons (Fsp3) is 0.409. The van der Waals surface area contributed by atoms with Gasteiger partial charge in [-0.1, -0.05) is 38.0 Å². The van der Waals surface area contributed by atoms with Crippen molar-refractivity contribution in [3.05, 3.63) is 46.5 Å². The van der Waals surface area contributed by atoms with Crippen LogP contribution in [0.25, 0.3) is 12.2 Å². The van der Waals surface area contributed by atoms with Crippen LogP contribution in [0.5, 0.6) is 0 Å². The molecule has 0 aliphatic carbocycles. The van der Waals surface area contributed by atoms with Crippen LogP contribution >= 0.6 is 0 Å². The highest BCUT2D eigenvalue weighted by Crippen LogP contribution is 2.20. The first-order chi connectivity index (χ1) is 12.4. The van der Waals surface area contributed by atoms with E-state index in [1.807, 2.05) is 31.2 Å². The number of carbonyl (C=O) groups is 3. The quantitative estimate of drug-likeness (QED) is 0.335. The molecule has 26 heavy (non-hydrogen) atoms. The van der Waals surface area contributed by atoms with Crippen LogP contribution in [0.15, 0.2) is 29.8 Å². The summed E-state index contributed by atoms with van der Waals surface area (Å²) in [5, 5.41) is 0. The third-order valence-corrected chi connectivity index (χ3v) is 4.07. The van der Waals surface area contributed by atoms with Crippen molar-refractivity contribution in [3.8, 4) is 0 Å². The number of hydrogen-bond acceptors (Lipinski definition) is 4. The lowest BCUT2D eigenvalue weighted by molar-refractivity contribution is -0.120. The van der Waals surface area contributed by atoms with E-state index in [0.717, 1.165) is 24.8 Å². The molecule has 140 valence electrons. The number of esters is 1. The van der Waals surface area contributed by atoms with E-state index >= 15 is 0 Å². The van der Waals surface area contributed by atoms with Crippen molar-refractivity contribution in [1.29, 1.82) is 0 Å². The molecule has 1 aromatic rings. The molecule has 0 aliphatic rings. The first-order valence-corrected chi connectivity index (χ1v) is 9.01. The summed E-state index contributed by atoms with van der Waals surface area (Å²) in [6.45, 7) is 5.43. The zero-order chi connectivity index (χ0) is 19.5. The van der Waals surface area contributed by atoms with E-state index in [2.05, 4.69) is 6.92 Å². The lowest BCUT2D eigenvalue weighted by atomic mass is 9.96. The Kier molecular flexibility index (Phi) is 9.27. The van der Waals surface area contributed by atoms with E-state index in [1.165, 1.54) is 14.0 Å². The van der Waals surface area contributed by atoms with Gasteiger partial charge in [-0.15, -0.1) is 0 Å². The minimum absolute atomic E-state index is 0.0455. The van der Waals surface area contributed by atoms with Gasteiger partial charge >= 0.3 is 5.97 Å². The molecule has 4 nitrogen and oxygen atoms in total. The summed E-state index contributed by atoms with van der Waals surface area (Å²) in [4.78, 5) is 36.2. The van der Waals surface area contributed by atoms with Crippen LogP contribution in [0.1, 0.15) is 74.4 Å². The molecule has 1 aromatic carbocycles. The van der Waals surface area contributed by atoms with Crippen LogP contribution in [0.3, 0.4) is 0 Å². The number of ether oxygens (including phenoxy) is 1. The summed E-state index contributed by atoms with van der Waals surface area (Å²) in [5.74, 6) is -0.592. The van der Waals surface area contributed by atoms with Gasteiger partial charge in [0.15, 0.2) is 5.78 Å². The van der Waals surface area contributed by atoms with Crippen LogP contribution in [0, 0.1) is 0 Å². The zero-order valence-electron chi connectivity index (χ0n) is 16.1. The van der Waals surface area contributed by atoms with E-state index in [4.69, 9.17) is 4.74 Å². The fourth-order valence-corrected chi connectivity index (χ4v) is 2.63. The van der Waals surface area contributed by atoms with E-state index in [0.29, 0.717) is 23.1 Å². The molecule has 4 heteroatoms. The summed E-state index contributed by atoms with van der Waals surface area (Å²) in [5.41, 5.74) is 2.27. The Hall–Kier alpha value is -2.49. The van der Waals surface area contributed by atoms with Crippen molar-refractivity contribution in [2.45, 2.75) is 52.9 Å². The molecule has 1 rings (SSSR count). The second-order valence-electron chi connectivity index (χ2n) is 6.24. The zero-order valence-corrected chi connectivity index (χ0v) is 16.1. The molecule has 0 unspecified atom stereocenters. The van der Waals surface area contributed by atoms with E-state index in [-0.39, 0.29) is 18.0 Å². The van der Waals surface area contributed by atoms with Crippen LogP contribution in [0.2, 0.25) is 0 Å². The summed E-state index contributed by atoms with van der Waals surface area (Å²) < 4.78 is 4.83. The molecule has 0 heterocycles. The summed E-state index contributed by atoms with van der Waals surface area (Å²) in [6, 6.07) is 5.30. The minimum Gasteiger partial charge on any atom is -0.465 e. The molecular formula is C22H28O4. The van der Waals surface area contributed by atoms with Crippen molar-refractivity contribution in [1.82, 2.24) is 0 Å². The number of ketones is 2. The van der Waals surface area contributed by atoms with Crippen molar-refractivity contribution in [2.75, 3.05) is 7.11 Å². The van der Waals surface area contributed by atoms with Gasteiger partial charge in [0, 0.05) is 18.4 Å². The largest absolute Gasteiger partial charge is 0.465 e. The summed E-state index contributed by atoms with van der Waals surface area (Å²) >= 11 is 0. The third kappa shape index (κ3) is 6.79. The lowest BCUT2D eigenvalue weighted by Gasteiger charge is -2.09. The first kappa shape index (κ1) is 21.6. The van der Waals surface area contributed by atoms with Gasteiger partial charge in [-0.05, 0) is 49.6 Å². The Balaban J connectivity index is 3.20. The number of methoxy groups -OCH3 is 1. The molecule has 0 amide bonds. The Labute approximate surface area is 155 Å². The predicted octanol–water partition coefficient (Wildman–Crippen LogP) is 5.02. The lowest BCUT2D eigenvalue weighted by Crippen LogP contribution is -2.08. The highest BCUT2D eigenvalue weighted by molar-refractivity contribution is 6.04. The topological polar surface area (TPSA) is 60.4 Å². The molecule has 0 fully saturated rings. The van der Waals surface area contributed by atoms with Crippen LogP contribution in [-0.2, 0) is 14.3 Å².